The van der Waals surface area contributed by atoms with Gasteiger partial charge in [-0.2, -0.15) is 0 Å². The largest absolute Gasteiger partial charge is 0.478 e. The van der Waals surface area contributed by atoms with Crippen LogP contribution in [0.1, 0.15) is 32.6 Å². The molecule has 0 heterocycles. The molecule has 3 nitrogen and oxygen atoms in total. The maximum atomic E-state index is 10.2. The molecule has 0 radical (unpaired) electrons. The lowest BCUT2D eigenvalue weighted by molar-refractivity contribution is -0.131. The molecule has 1 aliphatic rings. The molecule has 13 heavy (non-hydrogen) atoms. The van der Waals surface area contributed by atoms with Crippen LogP contribution in [0.3, 0.4) is 0 Å². The molecule has 0 bridgehead atoms. The fourth-order valence-corrected chi connectivity index (χ4v) is 1.84. The van der Waals surface area contributed by atoms with E-state index in [0.29, 0.717) is 6.04 Å². The van der Waals surface area contributed by atoms with E-state index in [1.165, 1.54) is 12.8 Å². The Morgan fingerprint density at radius 3 is 2.92 bits per heavy atom. The van der Waals surface area contributed by atoms with Crippen molar-refractivity contribution in [3.63, 3.8) is 0 Å². The Labute approximate surface area is 78.8 Å². The first-order valence-corrected chi connectivity index (χ1v) is 4.84. The van der Waals surface area contributed by atoms with Crippen molar-refractivity contribution in [1.29, 1.82) is 0 Å². The smallest absolute Gasteiger partial charge is 0.329 e. The van der Waals surface area contributed by atoms with E-state index in [1.54, 1.807) is 6.20 Å². The van der Waals surface area contributed by atoms with Gasteiger partial charge in [0.25, 0.3) is 0 Å². The minimum Gasteiger partial charge on any atom is -0.478 e. The molecular formula is C10H17NO2. The van der Waals surface area contributed by atoms with Gasteiger partial charge in [0.15, 0.2) is 0 Å². The Hall–Kier alpha value is -0.990. The summed E-state index contributed by atoms with van der Waals surface area (Å²) in [5, 5.41) is 11.5. The van der Waals surface area contributed by atoms with E-state index in [2.05, 4.69) is 12.2 Å². The molecule has 0 aromatic heterocycles. The van der Waals surface area contributed by atoms with E-state index < -0.39 is 5.97 Å². The van der Waals surface area contributed by atoms with Crippen molar-refractivity contribution >= 4 is 5.97 Å². The first-order valence-electron chi connectivity index (χ1n) is 4.84. The summed E-state index contributed by atoms with van der Waals surface area (Å²) in [6.45, 7) is 2.24. The van der Waals surface area contributed by atoms with Gasteiger partial charge in [0.1, 0.15) is 0 Å². The maximum absolute atomic E-state index is 10.2. The molecule has 0 aromatic rings. The normalized spacial score (nSPS) is 29.0. The number of hydrogen-bond acceptors (Lipinski definition) is 2. The molecular weight excluding hydrogens is 166 g/mol. The summed E-state index contributed by atoms with van der Waals surface area (Å²) >= 11 is 0. The van der Waals surface area contributed by atoms with E-state index in [-0.39, 0.29) is 0 Å². The van der Waals surface area contributed by atoms with E-state index in [4.69, 9.17) is 5.11 Å². The fourth-order valence-electron chi connectivity index (χ4n) is 1.84. The minimum absolute atomic E-state index is 0.472. The number of carboxylic acid groups (broad SMARTS) is 1. The van der Waals surface area contributed by atoms with Crippen LogP contribution in [0.2, 0.25) is 0 Å². The van der Waals surface area contributed by atoms with Gasteiger partial charge in [-0.15, -0.1) is 0 Å². The molecule has 0 aromatic carbocycles. The van der Waals surface area contributed by atoms with E-state index in [0.717, 1.165) is 24.8 Å². The van der Waals surface area contributed by atoms with Crippen molar-refractivity contribution in [1.82, 2.24) is 5.32 Å². The van der Waals surface area contributed by atoms with Gasteiger partial charge in [-0.1, -0.05) is 19.8 Å². The lowest BCUT2D eigenvalue weighted by Gasteiger charge is -2.26. The molecule has 74 valence electrons. The lowest BCUT2D eigenvalue weighted by Crippen LogP contribution is -2.29. The Morgan fingerprint density at radius 1 is 1.54 bits per heavy atom. The maximum Gasteiger partial charge on any atom is 0.329 e. The number of rotatable bonds is 3. The van der Waals surface area contributed by atoms with Gasteiger partial charge in [-0.25, -0.2) is 4.79 Å². The average Bonchev–Trinajstić information content (AvgIpc) is 2.03. The van der Waals surface area contributed by atoms with Crippen LogP contribution >= 0.6 is 0 Å². The molecule has 2 N–H and O–H groups in total. The average molecular weight is 183 g/mol. The van der Waals surface area contributed by atoms with Crippen LogP contribution in [0.15, 0.2) is 12.3 Å². The van der Waals surface area contributed by atoms with Crippen molar-refractivity contribution in [2.75, 3.05) is 0 Å². The van der Waals surface area contributed by atoms with Gasteiger partial charge in [-0.05, 0) is 18.8 Å². The number of hydrogen-bond donors (Lipinski definition) is 2. The second-order valence-electron chi connectivity index (χ2n) is 3.81. The zero-order valence-electron chi connectivity index (χ0n) is 7.99. The summed E-state index contributed by atoms with van der Waals surface area (Å²) in [7, 11) is 0. The predicted molar refractivity (Wildman–Crippen MR) is 51.3 cm³/mol. The highest BCUT2D eigenvalue weighted by Gasteiger charge is 2.16. The highest BCUT2D eigenvalue weighted by Crippen LogP contribution is 2.23. The molecule has 3 heteroatoms. The lowest BCUT2D eigenvalue weighted by atomic mass is 9.87. The fraction of sp³-hybridized carbons (Fsp3) is 0.700. The molecule has 0 spiro atoms. The van der Waals surface area contributed by atoms with Crippen LogP contribution in [-0.2, 0) is 4.79 Å². The summed E-state index contributed by atoms with van der Waals surface area (Å²) < 4.78 is 0. The summed E-state index contributed by atoms with van der Waals surface area (Å²) in [6.07, 6.45) is 7.57. The molecule has 0 aliphatic heterocycles. The molecule has 0 saturated heterocycles. The second kappa shape index (κ2) is 4.90. The monoisotopic (exact) mass is 183 g/mol. The van der Waals surface area contributed by atoms with Crippen LogP contribution in [0.4, 0.5) is 0 Å². The van der Waals surface area contributed by atoms with Crippen LogP contribution in [0, 0.1) is 5.92 Å². The third-order valence-electron chi connectivity index (χ3n) is 2.49. The van der Waals surface area contributed by atoms with Gasteiger partial charge < -0.3 is 10.4 Å². The summed E-state index contributed by atoms with van der Waals surface area (Å²) in [5.41, 5.74) is 0. The Morgan fingerprint density at radius 2 is 2.31 bits per heavy atom. The standard InChI is InChI=1S/C10H17NO2/c1-8-3-2-4-9(7-8)11-6-5-10(12)13/h5-6,8-9,11H,2-4,7H2,1H3,(H,12,13)/b6-5+. The van der Waals surface area contributed by atoms with Gasteiger partial charge in [0, 0.05) is 18.3 Å². The summed E-state index contributed by atoms with van der Waals surface area (Å²) in [4.78, 5) is 10.2. The van der Waals surface area contributed by atoms with Crippen LogP contribution in [0.5, 0.6) is 0 Å². The Balaban J connectivity index is 2.24. The molecule has 2 unspecified atom stereocenters. The second-order valence-corrected chi connectivity index (χ2v) is 3.81. The van der Waals surface area contributed by atoms with Crippen LogP contribution < -0.4 is 5.32 Å². The quantitative estimate of drug-likeness (QED) is 0.655. The van der Waals surface area contributed by atoms with Gasteiger partial charge >= 0.3 is 5.97 Å². The van der Waals surface area contributed by atoms with Crippen molar-refractivity contribution in [2.45, 2.75) is 38.6 Å². The Kier molecular flexibility index (Phi) is 3.80. The summed E-state index contributed by atoms with van der Waals surface area (Å²) in [6, 6.07) is 0.472. The number of carbonyl (C=O) groups is 1. The number of carboxylic acids is 1. The topological polar surface area (TPSA) is 49.3 Å². The van der Waals surface area contributed by atoms with E-state index in [1.807, 2.05) is 0 Å². The molecule has 1 rings (SSSR count). The first-order chi connectivity index (χ1) is 6.18. The summed E-state index contributed by atoms with van der Waals surface area (Å²) in [5.74, 6) is -0.124. The van der Waals surface area contributed by atoms with Crippen LogP contribution in [-0.4, -0.2) is 17.1 Å². The van der Waals surface area contributed by atoms with Crippen molar-refractivity contribution in [3.05, 3.63) is 12.3 Å². The zero-order chi connectivity index (χ0) is 9.68. The molecule has 1 aliphatic carbocycles. The SMILES string of the molecule is CC1CCCC(N/C=C/C(=O)O)C1. The predicted octanol–water partition coefficient (Wildman–Crippen LogP) is 1.75. The van der Waals surface area contributed by atoms with Gasteiger partial charge in [0.05, 0.1) is 0 Å². The number of nitrogens with one attached hydrogen (secondary N) is 1. The third-order valence-corrected chi connectivity index (χ3v) is 2.49. The van der Waals surface area contributed by atoms with E-state index in [9.17, 15) is 4.79 Å². The van der Waals surface area contributed by atoms with Crippen LogP contribution in [0.25, 0.3) is 0 Å². The first kappa shape index (κ1) is 10.1. The number of aliphatic carboxylic acids is 1. The van der Waals surface area contributed by atoms with Crippen molar-refractivity contribution < 1.29 is 9.90 Å². The molecule has 1 fully saturated rings. The highest BCUT2D eigenvalue weighted by molar-refractivity contribution is 5.79. The Bertz CT molecular complexity index is 201. The van der Waals surface area contributed by atoms with Gasteiger partial charge in [0.2, 0.25) is 0 Å². The van der Waals surface area contributed by atoms with E-state index >= 15 is 0 Å². The third kappa shape index (κ3) is 3.97. The molecule has 2 atom stereocenters. The van der Waals surface area contributed by atoms with Crippen molar-refractivity contribution in [2.24, 2.45) is 5.92 Å². The minimum atomic E-state index is -0.892. The zero-order valence-corrected chi connectivity index (χ0v) is 7.99. The molecule has 0 amide bonds. The molecule has 1 saturated carbocycles. The van der Waals surface area contributed by atoms with Crippen molar-refractivity contribution in [3.8, 4) is 0 Å². The highest BCUT2D eigenvalue weighted by atomic mass is 16.4. The van der Waals surface area contributed by atoms with Gasteiger partial charge in [-0.3, -0.25) is 0 Å².